The molecule has 0 aliphatic rings. The summed E-state index contributed by atoms with van der Waals surface area (Å²) in [5, 5.41) is 20.1. The van der Waals surface area contributed by atoms with Gasteiger partial charge < -0.3 is 21.3 Å². The summed E-state index contributed by atoms with van der Waals surface area (Å²) in [5.41, 5.74) is 4.31. The van der Waals surface area contributed by atoms with E-state index in [0.717, 1.165) is 6.20 Å². The number of benzene rings is 2. The molecule has 0 spiro atoms. The summed E-state index contributed by atoms with van der Waals surface area (Å²) in [6, 6.07) is 8.54. The minimum absolute atomic E-state index is 0.0633. The van der Waals surface area contributed by atoms with E-state index in [4.69, 9.17) is 15.9 Å². The van der Waals surface area contributed by atoms with Gasteiger partial charge in [0.15, 0.2) is 0 Å². The summed E-state index contributed by atoms with van der Waals surface area (Å²) in [6.07, 6.45) is -3.13. The molecule has 0 fully saturated rings. The standard InChI is InChI=1S/C32H30F4N4O7S/c33-26-13-12-23(32(34,35)36)18-25(26)31(46)39-24-7-5-6-20(16-24)10-11-21-17-22(19-38-29(21)37)30(45)40-48(47,14-3-1-8-27(41)42)15-4-2-9-28(43)44/h5-7,12-13,16-19H,1-4,8-9,14-15H2,(H2,37,38)(H,39,46)(H,41,42)(H,43,44). The zero-order valence-electron chi connectivity index (χ0n) is 25.2. The third kappa shape index (κ3) is 11.5. The van der Waals surface area contributed by atoms with Gasteiger partial charge in [0, 0.05) is 41.8 Å². The monoisotopic (exact) mass is 690 g/mol. The third-order valence-corrected chi connectivity index (χ3v) is 8.97. The Morgan fingerprint density at radius 2 is 1.56 bits per heavy atom. The first kappa shape index (κ1) is 37.2. The molecule has 0 saturated carbocycles. The summed E-state index contributed by atoms with van der Waals surface area (Å²) < 4.78 is 70.8. The smallest absolute Gasteiger partial charge is 0.416 e. The lowest BCUT2D eigenvalue weighted by atomic mass is 10.1. The highest BCUT2D eigenvalue weighted by molar-refractivity contribution is 7.93. The number of rotatable bonds is 13. The van der Waals surface area contributed by atoms with Gasteiger partial charge in [0.2, 0.25) is 0 Å². The van der Waals surface area contributed by atoms with E-state index in [2.05, 4.69) is 26.5 Å². The normalized spacial score (nSPS) is 11.2. The largest absolute Gasteiger partial charge is 0.481 e. The van der Waals surface area contributed by atoms with Crippen LogP contribution in [0.3, 0.4) is 0 Å². The number of aromatic nitrogens is 1. The number of amides is 2. The number of nitrogen functional groups attached to an aromatic ring is 1. The van der Waals surface area contributed by atoms with Crippen LogP contribution >= 0.6 is 0 Å². The van der Waals surface area contributed by atoms with E-state index in [1.807, 2.05) is 0 Å². The summed E-state index contributed by atoms with van der Waals surface area (Å²) in [4.78, 5) is 51.2. The number of carboxylic acid groups (broad SMARTS) is 2. The number of hydrogen-bond donors (Lipinski definition) is 4. The van der Waals surface area contributed by atoms with Gasteiger partial charge in [-0.2, -0.15) is 17.5 Å². The van der Waals surface area contributed by atoms with E-state index >= 15 is 0 Å². The van der Waals surface area contributed by atoms with Crippen molar-refractivity contribution in [2.24, 2.45) is 4.36 Å². The van der Waals surface area contributed by atoms with Gasteiger partial charge >= 0.3 is 18.1 Å². The molecule has 1 aromatic heterocycles. The minimum atomic E-state index is -4.78. The quantitative estimate of drug-likeness (QED) is 0.101. The van der Waals surface area contributed by atoms with E-state index < -0.39 is 56.6 Å². The Hall–Kier alpha value is -5.30. The van der Waals surface area contributed by atoms with Gasteiger partial charge in [0.25, 0.3) is 11.8 Å². The molecule has 0 bridgehead atoms. The SMILES string of the molecule is Nc1ncc(C(=O)N=S(=O)(CCCCC(=O)O)CCCCC(=O)O)cc1C#Cc1cccc(NC(=O)c2cc(C(F)(F)F)ccc2F)c1. The van der Waals surface area contributed by atoms with Gasteiger partial charge in [0.05, 0.1) is 32.0 Å². The maximum absolute atomic E-state index is 14.2. The fraction of sp³-hybridized carbons (Fsp3) is 0.281. The van der Waals surface area contributed by atoms with Crippen LogP contribution in [-0.4, -0.2) is 54.7 Å². The Bertz CT molecular complexity index is 1870. The fourth-order valence-electron chi connectivity index (χ4n) is 4.19. The van der Waals surface area contributed by atoms with Crippen LogP contribution < -0.4 is 11.1 Å². The number of alkyl halides is 3. The van der Waals surface area contributed by atoms with Gasteiger partial charge in [-0.05, 0) is 68.1 Å². The molecule has 2 aromatic carbocycles. The zero-order chi connectivity index (χ0) is 35.5. The number of hydrogen-bond acceptors (Lipinski definition) is 7. The molecule has 3 rings (SSSR count). The molecule has 5 N–H and O–H groups in total. The molecule has 16 heteroatoms. The number of pyridine rings is 1. The number of nitrogens with two attached hydrogens (primary N) is 1. The zero-order valence-corrected chi connectivity index (χ0v) is 26.0. The molecule has 0 aliphatic carbocycles. The first-order valence-electron chi connectivity index (χ1n) is 14.3. The molecule has 0 saturated heterocycles. The van der Waals surface area contributed by atoms with Crippen LogP contribution in [0.1, 0.15) is 75.9 Å². The number of halogens is 4. The van der Waals surface area contributed by atoms with Crippen molar-refractivity contribution >= 4 is 45.0 Å². The Morgan fingerprint density at radius 3 is 2.17 bits per heavy atom. The van der Waals surface area contributed by atoms with Crippen molar-refractivity contribution in [1.29, 1.82) is 0 Å². The molecule has 1 heterocycles. The molecular weight excluding hydrogens is 660 g/mol. The first-order chi connectivity index (χ1) is 22.6. The molecule has 48 heavy (non-hydrogen) atoms. The van der Waals surface area contributed by atoms with Crippen LogP contribution in [0.25, 0.3) is 0 Å². The molecule has 0 aliphatic heterocycles. The molecule has 0 radical (unpaired) electrons. The molecule has 11 nitrogen and oxygen atoms in total. The molecule has 2 amide bonds. The van der Waals surface area contributed by atoms with Crippen molar-refractivity contribution in [2.45, 2.75) is 44.7 Å². The van der Waals surface area contributed by atoms with Crippen molar-refractivity contribution in [3.05, 3.63) is 88.4 Å². The Balaban J connectivity index is 1.82. The summed E-state index contributed by atoms with van der Waals surface area (Å²) in [5.74, 6) is 0.0749. The van der Waals surface area contributed by atoms with E-state index in [1.54, 1.807) is 0 Å². The number of anilines is 2. The van der Waals surface area contributed by atoms with Gasteiger partial charge in [0.1, 0.15) is 11.6 Å². The molecule has 3 aromatic rings. The topological polar surface area (TPSA) is 189 Å². The first-order valence-corrected chi connectivity index (χ1v) is 16.2. The average molecular weight is 691 g/mol. The van der Waals surface area contributed by atoms with Crippen molar-refractivity contribution < 1.29 is 51.2 Å². The number of aliphatic carboxylic acids is 2. The average Bonchev–Trinajstić information content (AvgIpc) is 3.00. The van der Waals surface area contributed by atoms with E-state index in [-0.39, 0.29) is 72.7 Å². The second-order valence-electron chi connectivity index (χ2n) is 10.4. The second kappa shape index (κ2) is 16.5. The van der Waals surface area contributed by atoms with Gasteiger partial charge in [-0.25, -0.2) is 13.6 Å². The van der Waals surface area contributed by atoms with Crippen LogP contribution in [-0.2, 0) is 25.5 Å². The van der Waals surface area contributed by atoms with Crippen LogP contribution in [0, 0.1) is 17.7 Å². The van der Waals surface area contributed by atoms with Crippen LogP contribution in [0.2, 0.25) is 0 Å². The van der Waals surface area contributed by atoms with Gasteiger partial charge in [-0.1, -0.05) is 17.9 Å². The molecule has 254 valence electrons. The molecule has 0 atom stereocenters. The van der Waals surface area contributed by atoms with Crippen LogP contribution in [0.15, 0.2) is 59.1 Å². The lowest BCUT2D eigenvalue weighted by Gasteiger charge is -2.10. The number of unbranched alkanes of at least 4 members (excludes halogenated alkanes) is 2. The van der Waals surface area contributed by atoms with Crippen molar-refractivity contribution in [2.75, 3.05) is 22.6 Å². The van der Waals surface area contributed by atoms with Crippen LogP contribution in [0.4, 0.5) is 29.1 Å². The predicted octanol–water partition coefficient (Wildman–Crippen LogP) is 5.59. The predicted molar refractivity (Wildman–Crippen MR) is 168 cm³/mol. The summed E-state index contributed by atoms with van der Waals surface area (Å²) in [6.45, 7) is 0. The highest BCUT2D eigenvalue weighted by Crippen LogP contribution is 2.30. The Labute approximate surface area is 272 Å². The van der Waals surface area contributed by atoms with E-state index in [0.29, 0.717) is 23.8 Å². The van der Waals surface area contributed by atoms with Crippen molar-refractivity contribution in [3.63, 3.8) is 0 Å². The van der Waals surface area contributed by atoms with Gasteiger partial charge in [-0.3, -0.25) is 19.2 Å². The van der Waals surface area contributed by atoms with Crippen molar-refractivity contribution in [1.82, 2.24) is 4.98 Å². The molecule has 0 unspecified atom stereocenters. The Kier molecular flexibility index (Phi) is 12.8. The van der Waals surface area contributed by atoms with Gasteiger partial charge in [-0.15, -0.1) is 0 Å². The van der Waals surface area contributed by atoms with E-state index in [9.17, 15) is 40.9 Å². The summed E-state index contributed by atoms with van der Waals surface area (Å²) in [7, 11) is -3.18. The number of carboxylic acids is 2. The molecular formula is C32H30F4N4O7S. The highest BCUT2D eigenvalue weighted by Gasteiger charge is 2.32. The fourth-order valence-corrected chi connectivity index (χ4v) is 6.29. The number of nitrogens with zero attached hydrogens (tertiary/aromatic N) is 2. The lowest BCUT2D eigenvalue weighted by molar-refractivity contribution is -0.138. The van der Waals surface area contributed by atoms with Crippen molar-refractivity contribution in [3.8, 4) is 11.8 Å². The van der Waals surface area contributed by atoms with Crippen LogP contribution in [0.5, 0.6) is 0 Å². The maximum Gasteiger partial charge on any atom is 0.416 e. The Morgan fingerprint density at radius 1 is 0.917 bits per heavy atom. The minimum Gasteiger partial charge on any atom is -0.481 e. The second-order valence-corrected chi connectivity index (χ2v) is 13.0. The lowest BCUT2D eigenvalue weighted by Crippen LogP contribution is -2.16. The number of carbonyl (C=O) groups is 4. The number of nitrogens with one attached hydrogen (secondary N) is 1. The maximum atomic E-state index is 14.2. The highest BCUT2D eigenvalue weighted by atomic mass is 32.2. The number of carbonyl (C=O) groups excluding carboxylic acids is 2. The third-order valence-electron chi connectivity index (χ3n) is 6.62. The summed E-state index contributed by atoms with van der Waals surface area (Å²) >= 11 is 0. The van der Waals surface area contributed by atoms with E-state index in [1.165, 1.54) is 30.3 Å².